The van der Waals surface area contributed by atoms with Crippen LogP contribution >= 0.6 is 22.9 Å². The Morgan fingerprint density at radius 1 is 1.48 bits per heavy atom. The summed E-state index contributed by atoms with van der Waals surface area (Å²) in [6.45, 7) is 0.0585. The summed E-state index contributed by atoms with van der Waals surface area (Å²) in [5, 5.41) is 1.60. The number of aromatic nitrogens is 1. The lowest BCUT2D eigenvalue weighted by Crippen LogP contribution is -2.27. The molecule has 9 heteroatoms. The Balaban J connectivity index is 2.37. The molecular formula is C12H13ClFN3O2S2. The van der Waals surface area contributed by atoms with Crippen LogP contribution in [0.15, 0.2) is 27.9 Å². The molecule has 1 heterocycles. The van der Waals surface area contributed by atoms with Gasteiger partial charge in [-0.1, -0.05) is 11.6 Å². The molecule has 0 saturated heterocycles. The first-order valence-corrected chi connectivity index (χ1v) is 8.63. The van der Waals surface area contributed by atoms with Crippen LogP contribution in [-0.4, -0.2) is 24.8 Å². The van der Waals surface area contributed by atoms with E-state index in [1.54, 1.807) is 10.9 Å². The molecule has 0 saturated carbocycles. The van der Waals surface area contributed by atoms with Crippen LogP contribution in [-0.2, 0) is 23.1 Å². The molecule has 1 aromatic carbocycles. The van der Waals surface area contributed by atoms with Crippen LogP contribution in [0.5, 0.6) is 0 Å². The SMILES string of the molecule is CN(Cc1cscn1)S(=O)(=O)c1cc(F)c(Cl)c(CN)c1. The summed E-state index contributed by atoms with van der Waals surface area (Å²) < 4.78 is 39.7. The first-order chi connectivity index (χ1) is 9.86. The molecule has 114 valence electrons. The van der Waals surface area contributed by atoms with Crippen molar-refractivity contribution in [2.24, 2.45) is 5.73 Å². The van der Waals surface area contributed by atoms with Gasteiger partial charge in [0.25, 0.3) is 0 Å². The fourth-order valence-electron chi connectivity index (χ4n) is 1.72. The van der Waals surface area contributed by atoms with Gasteiger partial charge in [0.05, 0.1) is 27.7 Å². The summed E-state index contributed by atoms with van der Waals surface area (Å²) >= 11 is 7.11. The zero-order chi connectivity index (χ0) is 15.6. The number of sulfonamides is 1. The lowest BCUT2D eigenvalue weighted by atomic mass is 10.2. The molecule has 0 aliphatic carbocycles. The van der Waals surface area contributed by atoms with Crippen molar-refractivity contribution >= 4 is 33.0 Å². The van der Waals surface area contributed by atoms with E-state index in [0.717, 1.165) is 10.4 Å². The molecule has 2 N–H and O–H groups in total. The minimum Gasteiger partial charge on any atom is -0.326 e. The van der Waals surface area contributed by atoms with Gasteiger partial charge in [0.1, 0.15) is 5.82 Å². The van der Waals surface area contributed by atoms with Crippen molar-refractivity contribution in [3.05, 3.63) is 45.1 Å². The number of hydrogen-bond acceptors (Lipinski definition) is 5. The van der Waals surface area contributed by atoms with Crippen LogP contribution in [0.25, 0.3) is 0 Å². The average molecular weight is 350 g/mol. The second-order valence-electron chi connectivity index (χ2n) is 4.32. The van der Waals surface area contributed by atoms with Crippen molar-refractivity contribution in [2.75, 3.05) is 7.05 Å². The number of thiazole rings is 1. The predicted octanol–water partition coefficient (Wildman–Crippen LogP) is 2.22. The molecule has 2 aromatic rings. The normalized spacial score (nSPS) is 12.0. The van der Waals surface area contributed by atoms with Crippen molar-refractivity contribution in [3.63, 3.8) is 0 Å². The lowest BCUT2D eigenvalue weighted by molar-refractivity contribution is 0.462. The van der Waals surface area contributed by atoms with Gasteiger partial charge in [-0.2, -0.15) is 4.31 Å². The Labute approximate surface area is 131 Å². The second kappa shape index (κ2) is 6.37. The maximum absolute atomic E-state index is 13.7. The third-order valence-electron chi connectivity index (χ3n) is 2.87. The minimum atomic E-state index is -3.84. The van der Waals surface area contributed by atoms with Gasteiger partial charge in [0, 0.05) is 19.0 Å². The Morgan fingerprint density at radius 2 is 2.19 bits per heavy atom. The standard InChI is InChI=1S/C12H13ClFN3O2S2/c1-17(5-9-6-20-7-16-9)21(18,19)10-2-8(4-15)12(13)11(14)3-10/h2-3,6-7H,4-5,15H2,1H3. The largest absolute Gasteiger partial charge is 0.326 e. The molecule has 0 aliphatic rings. The van der Waals surface area contributed by atoms with Gasteiger partial charge in [-0.3, -0.25) is 0 Å². The summed E-state index contributed by atoms with van der Waals surface area (Å²) in [4.78, 5) is 3.85. The number of nitrogens with zero attached hydrogens (tertiary/aromatic N) is 2. The van der Waals surface area contributed by atoms with Gasteiger partial charge in [-0.15, -0.1) is 11.3 Å². The van der Waals surface area contributed by atoms with Crippen LogP contribution in [0.1, 0.15) is 11.3 Å². The quantitative estimate of drug-likeness (QED) is 0.897. The highest BCUT2D eigenvalue weighted by Gasteiger charge is 2.24. The lowest BCUT2D eigenvalue weighted by Gasteiger charge is -2.17. The molecule has 5 nitrogen and oxygen atoms in total. The molecule has 0 aliphatic heterocycles. The summed E-state index contributed by atoms with van der Waals surface area (Å²) in [5.74, 6) is -0.805. The predicted molar refractivity (Wildman–Crippen MR) is 80.1 cm³/mol. The van der Waals surface area contributed by atoms with Gasteiger partial charge in [-0.25, -0.2) is 17.8 Å². The third kappa shape index (κ3) is 3.41. The molecule has 0 bridgehead atoms. The van der Waals surface area contributed by atoms with E-state index in [1.807, 2.05) is 0 Å². The number of nitrogens with two attached hydrogens (primary N) is 1. The van der Waals surface area contributed by atoms with E-state index >= 15 is 0 Å². The van der Waals surface area contributed by atoms with Crippen LogP contribution in [0.2, 0.25) is 5.02 Å². The van der Waals surface area contributed by atoms with Crippen molar-refractivity contribution in [1.29, 1.82) is 0 Å². The van der Waals surface area contributed by atoms with Crippen LogP contribution < -0.4 is 5.73 Å². The monoisotopic (exact) mass is 349 g/mol. The third-order valence-corrected chi connectivity index (χ3v) is 5.71. The molecule has 0 radical (unpaired) electrons. The van der Waals surface area contributed by atoms with Crippen LogP contribution in [0.3, 0.4) is 0 Å². The van der Waals surface area contributed by atoms with Crippen molar-refractivity contribution in [1.82, 2.24) is 9.29 Å². The molecule has 0 unspecified atom stereocenters. The van der Waals surface area contributed by atoms with Crippen LogP contribution in [0, 0.1) is 5.82 Å². The Bertz CT molecular complexity index is 735. The fourth-order valence-corrected chi connectivity index (χ4v) is 3.67. The number of halogens is 2. The molecule has 2 rings (SSSR count). The minimum absolute atomic E-state index is 0.0467. The summed E-state index contributed by atoms with van der Waals surface area (Å²) in [5.41, 5.74) is 7.94. The Morgan fingerprint density at radius 3 is 2.76 bits per heavy atom. The smallest absolute Gasteiger partial charge is 0.243 e. The fraction of sp³-hybridized carbons (Fsp3) is 0.250. The van der Waals surface area contributed by atoms with E-state index in [2.05, 4.69) is 4.98 Å². The summed E-state index contributed by atoms with van der Waals surface area (Å²) in [6, 6.07) is 2.19. The highest BCUT2D eigenvalue weighted by Crippen LogP contribution is 2.26. The molecule has 0 amide bonds. The highest BCUT2D eigenvalue weighted by atomic mass is 35.5. The van der Waals surface area contributed by atoms with E-state index in [0.29, 0.717) is 5.69 Å². The first kappa shape index (κ1) is 16.3. The Hall–Kier alpha value is -1.06. The zero-order valence-corrected chi connectivity index (χ0v) is 13.5. The van der Waals surface area contributed by atoms with Crippen molar-refractivity contribution in [3.8, 4) is 0 Å². The molecule has 0 fully saturated rings. The number of hydrogen-bond donors (Lipinski definition) is 1. The van der Waals surface area contributed by atoms with E-state index in [4.69, 9.17) is 17.3 Å². The molecule has 21 heavy (non-hydrogen) atoms. The van der Waals surface area contributed by atoms with Gasteiger partial charge in [0.15, 0.2) is 0 Å². The zero-order valence-electron chi connectivity index (χ0n) is 11.1. The van der Waals surface area contributed by atoms with Crippen LogP contribution in [0.4, 0.5) is 4.39 Å². The van der Waals surface area contributed by atoms with Gasteiger partial charge < -0.3 is 5.73 Å². The first-order valence-electron chi connectivity index (χ1n) is 5.87. The summed E-state index contributed by atoms with van der Waals surface area (Å²) in [6.07, 6.45) is 0. The molecular weight excluding hydrogens is 337 g/mol. The summed E-state index contributed by atoms with van der Waals surface area (Å²) in [7, 11) is -2.44. The molecule has 0 atom stereocenters. The van der Waals surface area contributed by atoms with E-state index < -0.39 is 15.8 Å². The topological polar surface area (TPSA) is 76.3 Å². The number of rotatable bonds is 5. The molecule has 1 aromatic heterocycles. The van der Waals surface area contributed by atoms with E-state index in [1.165, 1.54) is 24.5 Å². The van der Waals surface area contributed by atoms with E-state index in [9.17, 15) is 12.8 Å². The molecule has 0 spiro atoms. The van der Waals surface area contributed by atoms with Gasteiger partial charge in [-0.05, 0) is 17.7 Å². The second-order valence-corrected chi connectivity index (χ2v) is 7.46. The highest BCUT2D eigenvalue weighted by molar-refractivity contribution is 7.89. The van der Waals surface area contributed by atoms with E-state index in [-0.39, 0.29) is 28.6 Å². The maximum Gasteiger partial charge on any atom is 0.243 e. The Kier molecular flexibility index (Phi) is 4.95. The van der Waals surface area contributed by atoms with Crippen molar-refractivity contribution in [2.45, 2.75) is 18.0 Å². The van der Waals surface area contributed by atoms with Gasteiger partial charge in [0.2, 0.25) is 10.0 Å². The van der Waals surface area contributed by atoms with Gasteiger partial charge >= 0.3 is 0 Å². The number of benzene rings is 1. The maximum atomic E-state index is 13.7. The average Bonchev–Trinajstić information content (AvgIpc) is 2.94. The van der Waals surface area contributed by atoms with Crippen molar-refractivity contribution < 1.29 is 12.8 Å².